The lowest BCUT2D eigenvalue weighted by Crippen LogP contribution is -2.41. The maximum Gasteiger partial charge on any atom is 0.244 e. The Morgan fingerprint density at radius 2 is 1.31 bits per heavy atom. The number of anilines is 1. The molecule has 0 aromatic heterocycles. The molecule has 0 radical (unpaired) electrons. The zero-order valence-corrected chi connectivity index (χ0v) is 21.2. The molecule has 188 valence electrons. The van der Waals surface area contributed by atoms with Crippen LogP contribution >= 0.6 is 0 Å². The van der Waals surface area contributed by atoms with Gasteiger partial charge < -0.3 is 5.32 Å². The Hall–Kier alpha value is -3.41. The van der Waals surface area contributed by atoms with Crippen LogP contribution in [0.15, 0.2) is 98.9 Å². The second kappa shape index (κ2) is 10.7. The summed E-state index contributed by atoms with van der Waals surface area (Å²) < 4.78 is 51.7. The van der Waals surface area contributed by atoms with Crippen LogP contribution in [-0.2, 0) is 24.7 Å². The third-order valence-corrected chi connectivity index (χ3v) is 9.10. The molecule has 0 atom stereocenters. The number of carbonyl (C=O) groups excluding carboxylic acids is 1. The van der Waals surface area contributed by atoms with E-state index < -0.39 is 19.9 Å². The van der Waals surface area contributed by atoms with Gasteiger partial charge in [0, 0.05) is 31.0 Å². The third-order valence-electron chi connectivity index (χ3n) is 5.86. The van der Waals surface area contributed by atoms with E-state index in [9.17, 15) is 21.6 Å². The summed E-state index contributed by atoms with van der Waals surface area (Å²) in [5.74, 6) is -0.554. The lowest BCUT2D eigenvalue weighted by molar-refractivity contribution is -0.120. The van der Waals surface area contributed by atoms with E-state index in [0.717, 1.165) is 11.9 Å². The molecule has 1 fully saturated rings. The van der Waals surface area contributed by atoms with Crippen molar-refractivity contribution in [1.29, 1.82) is 0 Å². The number of rotatable bonds is 7. The summed E-state index contributed by atoms with van der Waals surface area (Å²) in [4.78, 5) is 12.3. The number of sulfone groups is 1. The minimum Gasteiger partial charge on any atom is -0.326 e. The fraction of sp³-hybridized carbons (Fsp3) is 0.240. The Kier molecular flexibility index (Phi) is 7.62. The van der Waals surface area contributed by atoms with E-state index in [1.807, 2.05) is 30.3 Å². The predicted molar refractivity (Wildman–Crippen MR) is 137 cm³/mol. The average Bonchev–Trinajstić information content (AvgIpc) is 2.88. The zero-order chi connectivity index (χ0) is 25.8. The second-order valence-electron chi connectivity index (χ2n) is 8.47. The standard InChI is InChI=1S/C25H26N4O5S2/c1-35(31,32)23-9-5-6-10-24(23)36(33,34)29-17-15-19(16-18-29)25(30)26-20-11-13-22(14-12-20)28-27-21-7-3-2-4-8-21/h2-14,19H,15-18H2,1H3,(H,26,30). The molecule has 1 amide bonds. The van der Waals surface area contributed by atoms with Crippen molar-refractivity contribution in [3.8, 4) is 0 Å². The van der Waals surface area contributed by atoms with Crippen molar-refractivity contribution in [2.24, 2.45) is 16.1 Å². The highest BCUT2D eigenvalue weighted by atomic mass is 32.2. The fourth-order valence-corrected chi connectivity index (χ4v) is 7.00. The minimum atomic E-state index is -4.01. The van der Waals surface area contributed by atoms with Crippen LogP contribution in [0.5, 0.6) is 0 Å². The van der Waals surface area contributed by atoms with E-state index >= 15 is 0 Å². The molecule has 1 aliphatic heterocycles. The molecule has 9 nitrogen and oxygen atoms in total. The van der Waals surface area contributed by atoms with E-state index in [-0.39, 0.29) is 34.7 Å². The number of hydrogen-bond donors (Lipinski definition) is 1. The number of nitrogens with one attached hydrogen (secondary N) is 1. The number of hydrogen-bond acceptors (Lipinski definition) is 7. The van der Waals surface area contributed by atoms with Crippen LogP contribution in [0.1, 0.15) is 12.8 Å². The molecule has 0 saturated carbocycles. The molecule has 0 aliphatic carbocycles. The van der Waals surface area contributed by atoms with Crippen LogP contribution in [0.4, 0.5) is 17.1 Å². The van der Waals surface area contributed by atoms with Crippen molar-refractivity contribution >= 4 is 42.8 Å². The third kappa shape index (κ3) is 6.04. The fourth-order valence-electron chi connectivity index (χ4n) is 3.93. The van der Waals surface area contributed by atoms with Crippen LogP contribution < -0.4 is 5.32 Å². The Labute approximate surface area is 210 Å². The molecule has 0 spiro atoms. The lowest BCUT2D eigenvalue weighted by atomic mass is 9.97. The maximum absolute atomic E-state index is 13.1. The average molecular weight is 527 g/mol. The highest BCUT2D eigenvalue weighted by Crippen LogP contribution is 2.29. The number of amides is 1. The van der Waals surface area contributed by atoms with Crippen molar-refractivity contribution in [3.63, 3.8) is 0 Å². The van der Waals surface area contributed by atoms with Gasteiger partial charge in [-0.1, -0.05) is 30.3 Å². The largest absolute Gasteiger partial charge is 0.326 e. The maximum atomic E-state index is 13.1. The topological polar surface area (TPSA) is 125 Å². The first kappa shape index (κ1) is 25.7. The molecular formula is C25H26N4O5S2. The number of nitrogens with zero attached hydrogens (tertiary/aromatic N) is 3. The van der Waals surface area contributed by atoms with E-state index in [2.05, 4.69) is 15.5 Å². The quantitative estimate of drug-likeness (QED) is 0.452. The molecule has 0 unspecified atom stereocenters. The molecule has 1 aliphatic rings. The molecule has 1 heterocycles. The van der Waals surface area contributed by atoms with Crippen LogP contribution in [0, 0.1) is 5.92 Å². The normalized spacial score (nSPS) is 15.7. The van der Waals surface area contributed by atoms with E-state index in [0.29, 0.717) is 24.2 Å². The second-order valence-corrected chi connectivity index (χ2v) is 12.4. The zero-order valence-electron chi connectivity index (χ0n) is 19.6. The van der Waals surface area contributed by atoms with Gasteiger partial charge in [-0.05, 0) is 61.4 Å². The van der Waals surface area contributed by atoms with Gasteiger partial charge >= 0.3 is 0 Å². The van der Waals surface area contributed by atoms with Gasteiger partial charge in [-0.3, -0.25) is 4.79 Å². The van der Waals surface area contributed by atoms with Crippen LogP contribution in [-0.4, -0.2) is 46.4 Å². The summed E-state index contributed by atoms with van der Waals surface area (Å²) in [5, 5.41) is 11.2. The Morgan fingerprint density at radius 3 is 1.89 bits per heavy atom. The molecule has 11 heteroatoms. The SMILES string of the molecule is CS(=O)(=O)c1ccccc1S(=O)(=O)N1CCC(C(=O)Nc2ccc(N=Nc3ccccc3)cc2)CC1. The van der Waals surface area contributed by atoms with Crippen molar-refractivity contribution in [2.45, 2.75) is 22.6 Å². The van der Waals surface area contributed by atoms with Crippen molar-refractivity contribution < 1.29 is 21.6 Å². The summed E-state index contributed by atoms with van der Waals surface area (Å²) >= 11 is 0. The molecule has 0 bridgehead atoms. The van der Waals surface area contributed by atoms with E-state index in [4.69, 9.17) is 0 Å². The number of sulfonamides is 1. The van der Waals surface area contributed by atoms with E-state index in [1.165, 1.54) is 28.6 Å². The lowest BCUT2D eigenvalue weighted by Gasteiger charge is -2.31. The monoisotopic (exact) mass is 526 g/mol. The van der Waals surface area contributed by atoms with Crippen LogP contribution in [0.2, 0.25) is 0 Å². The Balaban J connectivity index is 1.36. The molecule has 3 aromatic rings. The number of azo groups is 1. The van der Waals surface area contributed by atoms with Gasteiger partial charge in [0.05, 0.1) is 16.3 Å². The molecule has 3 aromatic carbocycles. The van der Waals surface area contributed by atoms with Gasteiger partial charge in [0.2, 0.25) is 15.9 Å². The van der Waals surface area contributed by atoms with Gasteiger partial charge in [-0.2, -0.15) is 14.5 Å². The van der Waals surface area contributed by atoms with E-state index in [1.54, 1.807) is 24.3 Å². The number of piperidine rings is 1. The minimum absolute atomic E-state index is 0.122. The smallest absolute Gasteiger partial charge is 0.244 e. The molecule has 4 rings (SSSR count). The van der Waals surface area contributed by atoms with Crippen LogP contribution in [0.3, 0.4) is 0 Å². The predicted octanol–water partition coefficient (Wildman–Crippen LogP) is 4.54. The van der Waals surface area contributed by atoms with Crippen molar-refractivity contribution in [3.05, 3.63) is 78.9 Å². The first-order chi connectivity index (χ1) is 17.1. The van der Waals surface area contributed by atoms with Gasteiger partial charge in [0.15, 0.2) is 9.84 Å². The molecule has 1 saturated heterocycles. The van der Waals surface area contributed by atoms with Crippen molar-refractivity contribution in [1.82, 2.24) is 4.31 Å². The number of carbonyl (C=O) groups is 1. The van der Waals surface area contributed by atoms with Gasteiger partial charge in [0.25, 0.3) is 0 Å². The van der Waals surface area contributed by atoms with Gasteiger partial charge in [-0.25, -0.2) is 16.8 Å². The Morgan fingerprint density at radius 1 is 0.778 bits per heavy atom. The Bertz CT molecular complexity index is 1460. The molecule has 36 heavy (non-hydrogen) atoms. The molecule has 1 N–H and O–H groups in total. The summed E-state index contributed by atoms with van der Waals surface area (Å²) in [6.07, 6.45) is 1.64. The summed E-state index contributed by atoms with van der Waals surface area (Å²) in [6, 6.07) is 21.9. The summed E-state index contributed by atoms with van der Waals surface area (Å²) in [5.41, 5.74) is 1.99. The summed E-state index contributed by atoms with van der Waals surface area (Å²) in [7, 11) is -7.73. The first-order valence-electron chi connectivity index (χ1n) is 11.3. The van der Waals surface area contributed by atoms with Crippen LogP contribution in [0.25, 0.3) is 0 Å². The van der Waals surface area contributed by atoms with Gasteiger partial charge in [-0.15, -0.1) is 0 Å². The highest BCUT2D eigenvalue weighted by molar-refractivity contribution is 7.93. The summed E-state index contributed by atoms with van der Waals surface area (Å²) in [6.45, 7) is 0.245. The first-order valence-corrected chi connectivity index (χ1v) is 14.6. The highest BCUT2D eigenvalue weighted by Gasteiger charge is 2.34. The van der Waals surface area contributed by atoms with Crippen molar-refractivity contribution in [2.75, 3.05) is 24.7 Å². The van der Waals surface area contributed by atoms with Gasteiger partial charge in [0.1, 0.15) is 4.90 Å². The molecular weight excluding hydrogens is 500 g/mol. The number of benzene rings is 3.